The maximum Gasteiger partial charge on any atom is 0.332 e. The van der Waals surface area contributed by atoms with Gasteiger partial charge in [-0.25, -0.2) is 9.59 Å². The van der Waals surface area contributed by atoms with Crippen molar-refractivity contribution in [1.29, 1.82) is 0 Å². The van der Waals surface area contributed by atoms with Gasteiger partial charge in [-0.1, -0.05) is 150 Å². The van der Waals surface area contributed by atoms with Crippen molar-refractivity contribution in [3.05, 3.63) is 95.0 Å². The van der Waals surface area contributed by atoms with E-state index >= 15 is 0 Å². The van der Waals surface area contributed by atoms with Gasteiger partial charge >= 0.3 is 17.9 Å². The number of methoxy groups -OCH3 is 2. The molecule has 8 aliphatic rings. The zero-order chi connectivity index (χ0) is 66.4. The Morgan fingerprint density at radius 3 is 1.45 bits per heavy atom. The molecule has 4 aliphatic heterocycles. The van der Waals surface area contributed by atoms with Crippen molar-refractivity contribution in [1.82, 2.24) is 25.8 Å². The van der Waals surface area contributed by atoms with Crippen molar-refractivity contribution in [3.63, 3.8) is 0 Å². The topological polar surface area (TPSA) is 261 Å². The number of likely N-dealkylation sites (tertiary alicyclic amines) is 2. The Labute approximate surface area is 545 Å². The van der Waals surface area contributed by atoms with Gasteiger partial charge in [0.2, 0.25) is 29.5 Å². The quantitative estimate of drug-likeness (QED) is 0.0850. The van der Waals surface area contributed by atoms with Crippen LogP contribution in [-0.4, -0.2) is 142 Å². The van der Waals surface area contributed by atoms with Crippen LogP contribution in [0.15, 0.2) is 84.2 Å². The number of hydrogen-bond donors (Lipinski definition) is 4. The Kier molecular flexibility index (Phi) is 22.0. The summed E-state index contributed by atoms with van der Waals surface area (Å²) >= 11 is 12.4. The van der Waals surface area contributed by atoms with Crippen LogP contribution in [0.1, 0.15) is 175 Å². The van der Waals surface area contributed by atoms with E-state index < -0.39 is 75.5 Å². The van der Waals surface area contributed by atoms with Crippen LogP contribution in [-0.2, 0) is 57.5 Å². The van der Waals surface area contributed by atoms with Gasteiger partial charge in [0, 0.05) is 65.6 Å². The normalized spacial score (nSPS) is 28.2. The summed E-state index contributed by atoms with van der Waals surface area (Å²) in [6, 6.07) is 10.8. The van der Waals surface area contributed by atoms with Crippen LogP contribution in [0.3, 0.4) is 0 Å². The van der Waals surface area contributed by atoms with E-state index in [9.17, 15) is 43.5 Å². The number of nitrogens with one attached hydrogen (secondary N) is 3. The molecule has 4 N–H and O–H groups in total. The van der Waals surface area contributed by atoms with Gasteiger partial charge in [0.1, 0.15) is 29.7 Å². The van der Waals surface area contributed by atoms with Gasteiger partial charge in [0.15, 0.2) is 11.2 Å². The van der Waals surface area contributed by atoms with E-state index in [1.807, 2.05) is 78.8 Å². The number of halogens is 2. The van der Waals surface area contributed by atoms with Gasteiger partial charge in [-0.2, -0.15) is 0 Å². The Morgan fingerprint density at radius 2 is 1.08 bits per heavy atom. The summed E-state index contributed by atoms with van der Waals surface area (Å²) in [6.07, 6.45) is 17.4. The molecular weight excluding hydrogens is 1210 g/mol. The van der Waals surface area contributed by atoms with Crippen LogP contribution >= 0.6 is 23.2 Å². The molecule has 2 aromatic rings. The Balaban J connectivity index is 0.000000207. The molecule has 10 atom stereocenters. The molecule has 6 fully saturated rings. The molecule has 2 aromatic carbocycles. The number of nitrogens with zero attached hydrogens (tertiary/aromatic N) is 4. The fourth-order valence-electron chi connectivity index (χ4n) is 14.0. The number of allylic oxidation sites excluding steroid dienone is 1. The summed E-state index contributed by atoms with van der Waals surface area (Å²) in [5, 5.41) is 28.6. The first-order valence-corrected chi connectivity index (χ1v) is 32.9. The molecule has 0 radical (unpaired) electrons. The van der Waals surface area contributed by atoms with Gasteiger partial charge < -0.3 is 50.0 Å². The zero-order valence-corrected chi connectivity index (χ0v) is 55.9. The van der Waals surface area contributed by atoms with Crippen molar-refractivity contribution in [3.8, 4) is 0 Å². The number of carboxylic acids is 1. The lowest BCUT2D eigenvalue weighted by molar-refractivity contribution is -0.150. The molecule has 2 saturated heterocycles. The lowest BCUT2D eigenvalue weighted by Gasteiger charge is -2.36. The molecule has 0 unspecified atom stereocenters. The summed E-state index contributed by atoms with van der Waals surface area (Å²) in [5.74, 6) is -2.65. The minimum absolute atomic E-state index is 0.0820. The van der Waals surface area contributed by atoms with Crippen LogP contribution < -0.4 is 16.0 Å². The van der Waals surface area contributed by atoms with Gasteiger partial charge in [0.05, 0.1) is 44.1 Å². The highest BCUT2D eigenvalue weighted by atomic mass is 35.5. The summed E-state index contributed by atoms with van der Waals surface area (Å²) in [5.41, 5.74) is -1.69. The molecule has 20 nitrogen and oxygen atoms in total. The number of carboxylic acid groups (broad SMARTS) is 1. The van der Waals surface area contributed by atoms with Gasteiger partial charge in [-0.15, -0.1) is 13.2 Å². The number of rotatable bonds is 17. The molecule has 4 saturated carbocycles. The molecule has 4 heterocycles. The molecular formula is C69H93Cl2N7O13. The van der Waals surface area contributed by atoms with Crippen LogP contribution in [0.2, 0.25) is 10.0 Å². The third-order valence-electron chi connectivity index (χ3n) is 19.6. The second-order valence-corrected chi connectivity index (χ2v) is 29.7. The SMILES string of the molecule is C=C[C@@H]1C[C@]1(C)C(=O)OC.C=C[C@@H]1C[C@]1(NC(=O)[C@@H]1C[C@]2(CC(c3cccc(Cl)c3)=NO2)CN1C(=O)[C@@H](NC(=O)CC1CCCCC1)C(C)(C)C)C(=O)OC.CC(C)(C)[C@H](NC(=O)CC1CCCCC1)C(=O)N1C[C@@]2(CC(c3cccc(Cl)c3)=NO2)C[C@H]1C(=O)O. The minimum atomic E-state index is -1.23. The van der Waals surface area contributed by atoms with E-state index in [0.717, 1.165) is 68.9 Å². The van der Waals surface area contributed by atoms with Crippen molar-refractivity contribution >= 4 is 82.1 Å². The highest BCUT2D eigenvalue weighted by Crippen LogP contribution is 2.53. The molecule has 0 aromatic heterocycles. The van der Waals surface area contributed by atoms with Crippen molar-refractivity contribution in [2.24, 2.45) is 50.2 Å². The highest BCUT2D eigenvalue weighted by molar-refractivity contribution is 6.31. The largest absolute Gasteiger partial charge is 0.480 e. The monoisotopic (exact) mass is 1300 g/mol. The molecule has 91 heavy (non-hydrogen) atoms. The number of carbonyl (C=O) groups is 8. The van der Waals surface area contributed by atoms with Gasteiger partial charge in [-0.05, 0) is 98.3 Å². The first kappa shape index (κ1) is 70.1. The zero-order valence-electron chi connectivity index (χ0n) is 54.3. The number of aliphatic carboxylic acids is 1. The number of ether oxygens (including phenoxy) is 2. The predicted octanol–water partition coefficient (Wildman–Crippen LogP) is 10.3. The van der Waals surface area contributed by atoms with Crippen molar-refractivity contribution in [2.45, 2.75) is 205 Å². The van der Waals surface area contributed by atoms with Crippen molar-refractivity contribution in [2.75, 3.05) is 27.3 Å². The highest BCUT2D eigenvalue weighted by Gasteiger charge is 2.64. The van der Waals surface area contributed by atoms with E-state index in [0.29, 0.717) is 71.3 Å². The molecule has 496 valence electrons. The van der Waals surface area contributed by atoms with Gasteiger partial charge in [0.25, 0.3) is 0 Å². The van der Waals surface area contributed by atoms with Gasteiger partial charge in [-0.3, -0.25) is 28.8 Å². The average molecular weight is 1300 g/mol. The first-order chi connectivity index (χ1) is 42.9. The Hall–Kier alpha value is -6.80. The predicted molar refractivity (Wildman–Crippen MR) is 345 cm³/mol. The lowest BCUT2D eigenvalue weighted by Crippen LogP contribution is -2.59. The van der Waals surface area contributed by atoms with Crippen LogP contribution in [0, 0.1) is 39.9 Å². The summed E-state index contributed by atoms with van der Waals surface area (Å²) in [4.78, 5) is 119. The molecule has 22 heteroatoms. The minimum Gasteiger partial charge on any atom is -0.480 e. The van der Waals surface area contributed by atoms with E-state index in [-0.39, 0.29) is 61.0 Å². The van der Waals surface area contributed by atoms with E-state index in [1.54, 1.807) is 30.3 Å². The summed E-state index contributed by atoms with van der Waals surface area (Å²) in [7, 11) is 2.70. The van der Waals surface area contributed by atoms with E-state index in [1.165, 1.54) is 36.9 Å². The smallest absolute Gasteiger partial charge is 0.332 e. The molecule has 0 bridgehead atoms. The fraction of sp³-hybridized carbons (Fsp3) is 0.623. The second-order valence-electron chi connectivity index (χ2n) is 28.8. The number of esters is 2. The number of amides is 5. The van der Waals surface area contributed by atoms with E-state index in [4.69, 9.17) is 37.6 Å². The standard InChI is InChI=1S/C34H45ClN4O6.C27H36ClN3O5.C8H12O2/c1-6-23-17-34(23,31(43)44-5)37-29(41)26-19-33(18-25(38-45-33)22-13-10-14-24(35)16-22)20-39(26)30(42)28(32(2,3)4)36-27(40)15-21-11-8-7-9-12-21;1-26(2,3)23(29-22(32)12-17-8-5-4-6-9-17)24(33)31-16-27(15-21(31)25(34)35)14-20(30-36-27)18-10-7-11-19(28)13-18;1-4-6-5-8(6,2)7(9)10-3/h6,10,13-14,16,21,23,26,28H,1,7-9,11-12,15,17-20H2,2-5H3,(H,36,40)(H,37,41);7,10-11,13,17,21,23H,4-6,8-9,12,14-16H2,1-3H3,(H,29,32)(H,34,35);4,6H,1,5H2,2-3H3/t23-,26+,28-,33-,34-;21-,23+,27+;6-,8+/m101/s1. The first-order valence-electron chi connectivity index (χ1n) is 32.1. The average Bonchev–Trinajstić information content (AvgIpc) is 1.60. The number of oxime groups is 2. The second kappa shape index (κ2) is 28.6. The van der Waals surface area contributed by atoms with Crippen LogP contribution in [0.25, 0.3) is 0 Å². The maximum atomic E-state index is 14.5. The number of carbonyl (C=O) groups excluding carboxylic acids is 7. The molecule has 2 spiro atoms. The number of benzene rings is 2. The summed E-state index contributed by atoms with van der Waals surface area (Å²) in [6.45, 7) is 20.8. The van der Waals surface area contributed by atoms with E-state index in [2.05, 4.69) is 44.2 Å². The number of hydrogen-bond acceptors (Lipinski definition) is 14. The third kappa shape index (κ3) is 16.5. The Bertz CT molecular complexity index is 3170. The molecule has 5 amide bonds. The lowest BCUT2D eigenvalue weighted by atomic mass is 9.84. The van der Waals surface area contributed by atoms with Crippen molar-refractivity contribution < 1.29 is 62.6 Å². The third-order valence-corrected chi connectivity index (χ3v) is 20.1. The Morgan fingerprint density at radius 1 is 0.648 bits per heavy atom. The maximum absolute atomic E-state index is 14.5. The van der Waals surface area contributed by atoms with Crippen LogP contribution in [0.5, 0.6) is 0 Å². The van der Waals surface area contributed by atoms with Crippen LogP contribution in [0.4, 0.5) is 0 Å². The molecule has 10 rings (SSSR count). The summed E-state index contributed by atoms with van der Waals surface area (Å²) < 4.78 is 9.64. The molecule has 4 aliphatic carbocycles. The fourth-order valence-corrected chi connectivity index (χ4v) is 14.3.